The number of hydrogen-bond donors (Lipinski definition) is 0. The van der Waals surface area contributed by atoms with E-state index in [0.717, 1.165) is 22.2 Å². The Kier molecular flexibility index (Phi) is 3.91. The molecule has 0 radical (unpaired) electrons. The maximum absolute atomic E-state index is 11.5. The smallest absolute Gasteiger partial charge is 0.336 e. The lowest BCUT2D eigenvalue weighted by Crippen LogP contribution is -2.49. The summed E-state index contributed by atoms with van der Waals surface area (Å²) in [4.78, 5) is 20.0. The van der Waals surface area contributed by atoms with Crippen molar-refractivity contribution in [2.24, 2.45) is 0 Å². The summed E-state index contributed by atoms with van der Waals surface area (Å²) in [6.07, 6.45) is 5.05. The minimum Gasteiger partial charge on any atom is -0.484 e. The number of benzene rings is 1. The molecule has 1 atom stereocenters. The molecular formula is C22H18N2O5. The fourth-order valence-electron chi connectivity index (χ4n) is 3.49. The summed E-state index contributed by atoms with van der Waals surface area (Å²) in [5.74, 6) is 1.16. The van der Waals surface area contributed by atoms with E-state index in [9.17, 15) is 4.79 Å². The van der Waals surface area contributed by atoms with Crippen molar-refractivity contribution in [3.8, 4) is 22.9 Å². The highest BCUT2D eigenvalue weighted by Crippen LogP contribution is 2.37. The molecule has 4 heterocycles. The van der Waals surface area contributed by atoms with Gasteiger partial charge in [-0.15, -0.1) is 0 Å². The predicted octanol–water partition coefficient (Wildman–Crippen LogP) is 4.00. The highest BCUT2D eigenvalue weighted by Gasteiger charge is 2.39. The van der Waals surface area contributed by atoms with E-state index in [1.165, 1.54) is 12.4 Å². The molecule has 0 N–H and O–H groups in total. The minimum atomic E-state index is -0.615. The Hall–Kier alpha value is -3.61. The molecule has 1 aromatic carbocycles. The van der Waals surface area contributed by atoms with Crippen molar-refractivity contribution in [2.45, 2.75) is 32.0 Å². The van der Waals surface area contributed by atoms with Crippen LogP contribution in [0.25, 0.3) is 22.2 Å². The Bertz CT molecular complexity index is 1240. The molecule has 0 amide bonds. The third-order valence-corrected chi connectivity index (χ3v) is 5.08. The van der Waals surface area contributed by atoms with Gasteiger partial charge in [0.05, 0.1) is 18.2 Å². The standard InChI is InChI=1S/C22H18N2O5/c1-22(2)19(28-20-9-16(23-12-24-20)14-5-6-26-11-14)8-15-7-13-3-4-21(25)27-17(13)10-18(15)29-22/h3-7,9-12,19H,8H2,1-2H3/t19-/m0/s1. The van der Waals surface area contributed by atoms with E-state index >= 15 is 0 Å². The van der Waals surface area contributed by atoms with Gasteiger partial charge in [0.15, 0.2) is 0 Å². The fourth-order valence-corrected chi connectivity index (χ4v) is 3.49. The van der Waals surface area contributed by atoms with Gasteiger partial charge in [-0.05, 0) is 37.6 Å². The first-order valence-electron chi connectivity index (χ1n) is 9.25. The third kappa shape index (κ3) is 3.24. The van der Waals surface area contributed by atoms with Crippen molar-refractivity contribution in [2.75, 3.05) is 0 Å². The highest BCUT2D eigenvalue weighted by molar-refractivity contribution is 5.79. The largest absolute Gasteiger partial charge is 0.484 e. The average molecular weight is 390 g/mol. The Balaban J connectivity index is 1.47. The van der Waals surface area contributed by atoms with Crippen molar-refractivity contribution < 1.29 is 18.3 Å². The van der Waals surface area contributed by atoms with Gasteiger partial charge in [0.2, 0.25) is 5.88 Å². The molecule has 7 nitrogen and oxygen atoms in total. The highest BCUT2D eigenvalue weighted by atomic mass is 16.6. The maximum atomic E-state index is 11.5. The van der Waals surface area contributed by atoms with Crippen molar-refractivity contribution in [1.29, 1.82) is 0 Å². The van der Waals surface area contributed by atoms with Gasteiger partial charge >= 0.3 is 5.63 Å². The summed E-state index contributed by atoms with van der Waals surface area (Å²) in [5.41, 5.74) is 2.07. The van der Waals surface area contributed by atoms with Crippen LogP contribution in [0.2, 0.25) is 0 Å². The predicted molar refractivity (Wildman–Crippen MR) is 105 cm³/mol. The number of furan rings is 1. The van der Waals surface area contributed by atoms with Crippen LogP contribution in [0.4, 0.5) is 0 Å². The zero-order valence-corrected chi connectivity index (χ0v) is 15.9. The van der Waals surface area contributed by atoms with Crippen LogP contribution in [0, 0.1) is 0 Å². The Morgan fingerprint density at radius 2 is 2.03 bits per heavy atom. The van der Waals surface area contributed by atoms with Crippen LogP contribution in [0.1, 0.15) is 19.4 Å². The molecule has 0 saturated heterocycles. The van der Waals surface area contributed by atoms with Crippen LogP contribution in [-0.4, -0.2) is 21.7 Å². The minimum absolute atomic E-state index is 0.268. The Morgan fingerprint density at radius 3 is 2.86 bits per heavy atom. The molecule has 4 aromatic rings. The molecule has 0 spiro atoms. The summed E-state index contributed by atoms with van der Waals surface area (Å²) in [7, 11) is 0. The third-order valence-electron chi connectivity index (χ3n) is 5.08. The van der Waals surface area contributed by atoms with E-state index in [2.05, 4.69) is 9.97 Å². The first kappa shape index (κ1) is 17.5. The number of rotatable bonds is 3. The van der Waals surface area contributed by atoms with Gasteiger partial charge < -0.3 is 18.3 Å². The average Bonchev–Trinajstić information content (AvgIpc) is 3.22. The molecule has 29 heavy (non-hydrogen) atoms. The van der Waals surface area contributed by atoms with Crippen molar-refractivity contribution >= 4 is 11.0 Å². The van der Waals surface area contributed by atoms with E-state index in [4.69, 9.17) is 18.3 Å². The van der Waals surface area contributed by atoms with Gasteiger partial charge in [-0.1, -0.05) is 0 Å². The molecule has 3 aromatic heterocycles. The van der Waals surface area contributed by atoms with Crippen LogP contribution in [0.5, 0.6) is 11.6 Å². The van der Waals surface area contributed by atoms with E-state index in [1.807, 2.05) is 26.0 Å². The summed E-state index contributed by atoms with van der Waals surface area (Å²) in [5, 5.41) is 0.842. The monoisotopic (exact) mass is 390 g/mol. The summed E-state index contributed by atoms with van der Waals surface area (Å²) in [6, 6.07) is 10.5. The molecule has 5 rings (SSSR count). The SMILES string of the molecule is CC1(C)Oc2cc3oc(=O)ccc3cc2C[C@@H]1Oc1cc(-c2ccoc2)ncn1. The van der Waals surface area contributed by atoms with E-state index in [1.54, 1.807) is 30.7 Å². The number of nitrogens with zero attached hydrogens (tertiary/aromatic N) is 2. The number of aromatic nitrogens is 2. The van der Waals surface area contributed by atoms with Crippen molar-refractivity contribution in [3.63, 3.8) is 0 Å². The summed E-state index contributed by atoms with van der Waals surface area (Å²) < 4.78 is 22.8. The molecule has 0 bridgehead atoms. The maximum Gasteiger partial charge on any atom is 0.336 e. The zero-order chi connectivity index (χ0) is 20.0. The Labute approximate surface area is 165 Å². The van der Waals surface area contributed by atoms with Gasteiger partial charge in [0.25, 0.3) is 0 Å². The van der Waals surface area contributed by atoms with E-state index < -0.39 is 5.60 Å². The van der Waals surface area contributed by atoms with Gasteiger partial charge in [-0.3, -0.25) is 0 Å². The van der Waals surface area contributed by atoms with Crippen LogP contribution in [0.15, 0.2) is 68.9 Å². The molecule has 0 aliphatic carbocycles. The van der Waals surface area contributed by atoms with Gasteiger partial charge in [-0.2, -0.15) is 0 Å². The molecule has 0 unspecified atom stereocenters. The van der Waals surface area contributed by atoms with Crippen LogP contribution in [-0.2, 0) is 6.42 Å². The van der Waals surface area contributed by atoms with Gasteiger partial charge in [0.1, 0.15) is 29.4 Å². The second-order valence-electron chi connectivity index (χ2n) is 7.52. The van der Waals surface area contributed by atoms with Crippen LogP contribution >= 0.6 is 0 Å². The molecular weight excluding hydrogens is 372 g/mol. The second kappa shape index (κ2) is 6.48. The molecule has 0 saturated carbocycles. The number of ether oxygens (including phenoxy) is 2. The van der Waals surface area contributed by atoms with Crippen molar-refractivity contribution in [1.82, 2.24) is 9.97 Å². The first-order chi connectivity index (χ1) is 14.0. The number of hydrogen-bond acceptors (Lipinski definition) is 7. The molecule has 1 aliphatic heterocycles. The van der Waals surface area contributed by atoms with Gasteiger partial charge in [-0.25, -0.2) is 14.8 Å². The van der Waals surface area contributed by atoms with E-state index in [0.29, 0.717) is 23.6 Å². The topological polar surface area (TPSA) is 87.6 Å². The molecule has 7 heteroatoms. The molecule has 0 fully saturated rings. The quantitative estimate of drug-likeness (QED) is 0.489. The van der Waals surface area contributed by atoms with Crippen molar-refractivity contribution in [3.05, 3.63) is 71.2 Å². The van der Waals surface area contributed by atoms with Gasteiger partial charge in [0, 0.05) is 35.6 Å². The normalized spacial score (nSPS) is 17.5. The number of fused-ring (bicyclic) bond motifs is 2. The first-order valence-corrected chi connectivity index (χ1v) is 9.25. The van der Waals surface area contributed by atoms with E-state index in [-0.39, 0.29) is 11.7 Å². The molecule has 146 valence electrons. The molecule has 1 aliphatic rings. The second-order valence-corrected chi connectivity index (χ2v) is 7.52. The lowest BCUT2D eigenvalue weighted by molar-refractivity contribution is -0.0287. The summed E-state index contributed by atoms with van der Waals surface area (Å²) in [6.45, 7) is 3.92. The lowest BCUT2D eigenvalue weighted by atomic mass is 9.90. The fraction of sp³-hybridized carbons (Fsp3) is 0.227. The zero-order valence-electron chi connectivity index (χ0n) is 15.9. The van der Waals surface area contributed by atoms with Crippen LogP contribution in [0.3, 0.4) is 0 Å². The van der Waals surface area contributed by atoms with Crippen LogP contribution < -0.4 is 15.1 Å². The summed E-state index contributed by atoms with van der Waals surface area (Å²) >= 11 is 0. The Morgan fingerprint density at radius 1 is 1.14 bits per heavy atom. The lowest BCUT2D eigenvalue weighted by Gasteiger charge is -2.39.